The van der Waals surface area contributed by atoms with E-state index in [9.17, 15) is 0 Å². The van der Waals surface area contributed by atoms with Gasteiger partial charge in [-0.3, -0.25) is 0 Å². The topological polar surface area (TPSA) is 12.0 Å². The first-order chi connectivity index (χ1) is 10.1. The second kappa shape index (κ2) is 8.30. The van der Waals surface area contributed by atoms with Gasteiger partial charge in [0.25, 0.3) is 0 Å². The van der Waals surface area contributed by atoms with Crippen molar-refractivity contribution in [2.45, 2.75) is 17.9 Å². The number of halogens is 3. The van der Waals surface area contributed by atoms with E-state index in [0.717, 1.165) is 22.9 Å². The second-order valence-electron chi connectivity index (χ2n) is 4.52. The second-order valence-corrected chi connectivity index (χ2v) is 6.83. The number of benzene rings is 2. The van der Waals surface area contributed by atoms with Crippen molar-refractivity contribution in [3.63, 3.8) is 0 Å². The number of rotatable bonds is 6. The lowest BCUT2D eigenvalue weighted by molar-refractivity contribution is 0.606. The van der Waals surface area contributed by atoms with Gasteiger partial charge in [0, 0.05) is 21.7 Å². The summed E-state index contributed by atoms with van der Waals surface area (Å²) in [6, 6.07) is 13.8. The molecule has 0 heterocycles. The van der Waals surface area contributed by atoms with Crippen LogP contribution in [0.25, 0.3) is 0 Å². The van der Waals surface area contributed by atoms with Gasteiger partial charge >= 0.3 is 0 Å². The minimum atomic E-state index is 0.155. The molecule has 0 bridgehead atoms. The highest BCUT2D eigenvalue weighted by molar-refractivity contribution is 7.99. The van der Waals surface area contributed by atoms with Crippen LogP contribution in [0.3, 0.4) is 0 Å². The molecule has 0 spiro atoms. The van der Waals surface area contributed by atoms with Crippen molar-refractivity contribution < 1.29 is 0 Å². The van der Waals surface area contributed by atoms with Crippen molar-refractivity contribution >= 4 is 46.6 Å². The third-order valence-corrected chi connectivity index (χ3v) is 5.23. The Morgan fingerprint density at radius 3 is 2.43 bits per heavy atom. The lowest BCUT2D eigenvalue weighted by atomic mass is 10.1. The van der Waals surface area contributed by atoms with Crippen molar-refractivity contribution in [2.24, 2.45) is 0 Å². The van der Waals surface area contributed by atoms with Gasteiger partial charge in [0.15, 0.2) is 0 Å². The molecule has 0 saturated heterocycles. The highest BCUT2D eigenvalue weighted by Gasteiger charge is 2.15. The summed E-state index contributed by atoms with van der Waals surface area (Å²) in [4.78, 5) is 1.18. The Morgan fingerprint density at radius 1 is 1.05 bits per heavy atom. The van der Waals surface area contributed by atoms with E-state index in [4.69, 9.17) is 34.8 Å². The molecule has 0 aliphatic heterocycles. The van der Waals surface area contributed by atoms with Crippen molar-refractivity contribution in [1.82, 2.24) is 5.32 Å². The summed E-state index contributed by atoms with van der Waals surface area (Å²) >= 11 is 20.1. The molecule has 0 aromatic heterocycles. The Kier molecular flexibility index (Phi) is 6.72. The highest BCUT2D eigenvalue weighted by atomic mass is 35.5. The molecule has 112 valence electrons. The molecule has 0 saturated carbocycles. The minimum Gasteiger partial charge on any atom is -0.309 e. The van der Waals surface area contributed by atoms with Gasteiger partial charge in [-0.25, -0.2) is 0 Å². The summed E-state index contributed by atoms with van der Waals surface area (Å²) in [7, 11) is 0. The van der Waals surface area contributed by atoms with E-state index in [1.54, 1.807) is 11.8 Å². The van der Waals surface area contributed by atoms with Crippen molar-refractivity contribution in [3.05, 3.63) is 63.1 Å². The third-order valence-electron chi connectivity index (χ3n) is 3.04. The van der Waals surface area contributed by atoms with E-state index in [1.807, 2.05) is 42.5 Å². The maximum Gasteiger partial charge on any atom is 0.0640 e. The van der Waals surface area contributed by atoms with Crippen LogP contribution in [0, 0.1) is 0 Å². The zero-order valence-electron chi connectivity index (χ0n) is 11.6. The first-order valence-electron chi connectivity index (χ1n) is 6.67. The van der Waals surface area contributed by atoms with Crippen molar-refractivity contribution in [3.8, 4) is 0 Å². The quantitative estimate of drug-likeness (QED) is 0.625. The molecule has 2 aromatic carbocycles. The molecule has 2 rings (SSSR count). The lowest BCUT2D eigenvalue weighted by Crippen LogP contribution is -2.23. The molecular formula is C16H16Cl3NS. The zero-order valence-corrected chi connectivity index (χ0v) is 14.7. The summed E-state index contributed by atoms with van der Waals surface area (Å²) < 4.78 is 0. The molecule has 1 nitrogen and oxygen atoms in total. The van der Waals surface area contributed by atoms with Crippen LogP contribution in [0.2, 0.25) is 15.1 Å². The van der Waals surface area contributed by atoms with Crippen LogP contribution >= 0.6 is 46.6 Å². The van der Waals surface area contributed by atoms with Crippen LogP contribution < -0.4 is 5.32 Å². The molecule has 0 amide bonds. The standard InChI is InChI=1S/C16H16Cl3NS/c1-2-20-15(13-4-3-5-14(18)16(13)19)10-21-12-8-6-11(17)7-9-12/h3-9,15,20H,2,10H2,1H3. The molecule has 1 atom stereocenters. The molecular weight excluding hydrogens is 345 g/mol. The monoisotopic (exact) mass is 359 g/mol. The number of thioether (sulfide) groups is 1. The lowest BCUT2D eigenvalue weighted by Gasteiger charge is -2.19. The van der Waals surface area contributed by atoms with E-state index in [1.165, 1.54) is 4.90 Å². The molecule has 21 heavy (non-hydrogen) atoms. The SMILES string of the molecule is CCNC(CSc1ccc(Cl)cc1)c1cccc(Cl)c1Cl. The Morgan fingerprint density at radius 2 is 1.76 bits per heavy atom. The smallest absolute Gasteiger partial charge is 0.0640 e. The molecule has 0 radical (unpaired) electrons. The zero-order chi connectivity index (χ0) is 15.2. The maximum atomic E-state index is 6.33. The van der Waals surface area contributed by atoms with E-state index in [0.29, 0.717) is 10.0 Å². The van der Waals surface area contributed by atoms with E-state index in [-0.39, 0.29) is 6.04 Å². The van der Waals surface area contributed by atoms with Gasteiger partial charge in [0.1, 0.15) is 0 Å². The van der Waals surface area contributed by atoms with E-state index < -0.39 is 0 Å². The Hall–Kier alpha value is -0.380. The van der Waals surface area contributed by atoms with Gasteiger partial charge in [0.05, 0.1) is 10.0 Å². The minimum absolute atomic E-state index is 0.155. The molecule has 5 heteroatoms. The van der Waals surface area contributed by atoms with Crippen LogP contribution in [0.1, 0.15) is 18.5 Å². The summed E-state index contributed by atoms with van der Waals surface area (Å²) in [5.41, 5.74) is 1.03. The van der Waals surface area contributed by atoms with Gasteiger partial charge in [-0.15, -0.1) is 11.8 Å². The molecule has 2 aromatic rings. The molecule has 0 fully saturated rings. The summed E-state index contributed by atoms with van der Waals surface area (Å²) in [5.74, 6) is 0.871. The van der Waals surface area contributed by atoms with Gasteiger partial charge in [-0.05, 0) is 42.4 Å². The summed E-state index contributed by atoms with van der Waals surface area (Å²) in [6.07, 6.45) is 0. The fraction of sp³-hybridized carbons (Fsp3) is 0.250. The maximum absolute atomic E-state index is 6.33. The summed E-state index contributed by atoms with van der Waals surface area (Å²) in [6.45, 7) is 2.95. The molecule has 1 N–H and O–H groups in total. The first-order valence-corrected chi connectivity index (χ1v) is 8.79. The normalized spacial score (nSPS) is 12.4. The van der Waals surface area contributed by atoms with E-state index >= 15 is 0 Å². The van der Waals surface area contributed by atoms with Gasteiger partial charge in [-0.2, -0.15) is 0 Å². The van der Waals surface area contributed by atoms with Gasteiger partial charge in [-0.1, -0.05) is 53.9 Å². The van der Waals surface area contributed by atoms with Crippen LogP contribution in [0.4, 0.5) is 0 Å². The molecule has 0 aliphatic rings. The number of nitrogens with one attached hydrogen (secondary N) is 1. The van der Waals surface area contributed by atoms with E-state index in [2.05, 4.69) is 12.2 Å². The predicted molar refractivity (Wildman–Crippen MR) is 95.1 cm³/mol. The Labute approximate surface area is 145 Å². The van der Waals surface area contributed by atoms with Crippen LogP contribution in [-0.2, 0) is 0 Å². The van der Waals surface area contributed by atoms with Gasteiger partial charge < -0.3 is 5.32 Å². The fourth-order valence-corrected chi connectivity index (χ4v) is 3.56. The van der Waals surface area contributed by atoms with Crippen molar-refractivity contribution in [1.29, 1.82) is 0 Å². The van der Waals surface area contributed by atoms with Crippen LogP contribution in [-0.4, -0.2) is 12.3 Å². The Bertz CT molecular complexity index is 587. The van der Waals surface area contributed by atoms with Gasteiger partial charge in [0.2, 0.25) is 0 Å². The largest absolute Gasteiger partial charge is 0.309 e. The first kappa shape index (κ1) is 17.0. The molecule has 1 unspecified atom stereocenters. The van der Waals surface area contributed by atoms with Crippen LogP contribution in [0.5, 0.6) is 0 Å². The Balaban J connectivity index is 2.12. The average Bonchev–Trinajstić information content (AvgIpc) is 2.48. The molecule has 0 aliphatic carbocycles. The average molecular weight is 361 g/mol. The van der Waals surface area contributed by atoms with Crippen molar-refractivity contribution in [2.75, 3.05) is 12.3 Å². The van der Waals surface area contributed by atoms with Crippen LogP contribution in [0.15, 0.2) is 47.4 Å². The highest BCUT2D eigenvalue weighted by Crippen LogP contribution is 2.33. The fourth-order valence-electron chi connectivity index (χ4n) is 2.01. The third kappa shape index (κ3) is 4.80. The summed E-state index contributed by atoms with van der Waals surface area (Å²) in [5, 5.41) is 5.43. The predicted octanol–water partition coefficient (Wildman–Crippen LogP) is 6.09. The number of hydrogen-bond donors (Lipinski definition) is 1. The number of hydrogen-bond acceptors (Lipinski definition) is 2.